The van der Waals surface area contributed by atoms with Gasteiger partial charge in [0.05, 0.1) is 11.9 Å². The first-order valence-corrected chi connectivity index (χ1v) is 12.3. The zero-order chi connectivity index (χ0) is 23.7. The second kappa shape index (κ2) is 11.6. The fraction of sp³-hybridized carbons (Fsp3) is 0.391. The molecule has 0 saturated carbocycles. The number of amides is 2. The van der Waals surface area contributed by atoms with Gasteiger partial charge in [-0.2, -0.15) is 0 Å². The highest BCUT2D eigenvalue weighted by molar-refractivity contribution is 7.92. The van der Waals surface area contributed by atoms with Crippen LogP contribution in [0.1, 0.15) is 25.3 Å². The van der Waals surface area contributed by atoms with Gasteiger partial charge in [0.2, 0.25) is 21.8 Å². The molecule has 0 aromatic heterocycles. The third-order valence-electron chi connectivity index (χ3n) is 5.16. The molecular formula is C23H30FN3O4S. The van der Waals surface area contributed by atoms with Crippen molar-refractivity contribution in [3.05, 3.63) is 66.0 Å². The lowest BCUT2D eigenvalue weighted by Crippen LogP contribution is -2.48. The third kappa shape index (κ3) is 7.33. The van der Waals surface area contributed by atoms with E-state index in [9.17, 15) is 22.4 Å². The molecule has 2 rings (SSSR count). The molecule has 1 N–H and O–H groups in total. The average molecular weight is 464 g/mol. The van der Waals surface area contributed by atoms with Crippen LogP contribution >= 0.6 is 0 Å². The van der Waals surface area contributed by atoms with Gasteiger partial charge in [0.1, 0.15) is 11.9 Å². The van der Waals surface area contributed by atoms with Crippen LogP contribution in [0.4, 0.5) is 10.1 Å². The van der Waals surface area contributed by atoms with Crippen molar-refractivity contribution in [1.82, 2.24) is 10.2 Å². The maximum Gasteiger partial charge on any atom is 0.242 e. The van der Waals surface area contributed by atoms with Crippen LogP contribution in [0.15, 0.2) is 54.6 Å². The van der Waals surface area contributed by atoms with Gasteiger partial charge < -0.3 is 10.2 Å². The van der Waals surface area contributed by atoms with E-state index < -0.39 is 21.9 Å². The number of hydrogen-bond acceptors (Lipinski definition) is 4. The predicted molar refractivity (Wildman–Crippen MR) is 123 cm³/mol. The highest BCUT2D eigenvalue weighted by Crippen LogP contribution is 2.19. The smallest absolute Gasteiger partial charge is 0.242 e. The Kier molecular flexibility index (Phi) is 9.19. The number of sulfonamides is 1. The predicted octanol–water partition coefficient (Wildman–Crippen LogP) is 2.58. The van der Waals surface area contributed by atoms with Crippen molar-refractivity contribution in [1.29, 1.82) is 0 Å². The summed E-state index contributed by atoms with van der Waals surface area (Å²) in [7, 11) is -2.09. The van der Waals surface area contributed by atoms with Crippen molar-refractivity contribution in [2.75, 3.05) is 30.7 Å². The quantitative estimate of drug-likeness (QED) is 0.555. The maximum absolute atomic E-state index is 13.2. The molecule has 2 aromatic rings. The van der Waals surface area contributed by atoms with E-state index in [0.717, 1.165) is 16.1 Å². The molecule has 32 heavy (non-hydrogen) atoms. The van der Waals surface area contributed by atoms with Crippen molar-refractivity contribution in [2.24, 2.45) is 0 Å². The van der Waals surface area contributed by atoms with Gasteiger partial charge in [0.25, 0.3) is 0 Å². The molecule has 9 heteroatoms. The Morgan fingerprint density at radius 1 is 1.03 bits per heavy atom. The topological polar surface area (TPSA) is 86.8 Å². The van der Waals surface area contributed by atoms with Gasteiger partial charge in [0, 0.05) is 26.6 Å². The number of likely N-dealkylation sites (N-methyl/N-ethyl adjacent to an activating group) is 1. The number of rotatable bonds is 11. The average Bonchev–Trinajstić information content (AvgIpc) is 2.77. The molecule has 2 amide bonds. The fourth-order valence-electron chi connectivity index (χ4n) is 3.39. The number of benzene rings is 2. The number of carbonyl (C=O) groups is 2. The van der Waals surface area contributed by atoms with E-state index >= 15 is 0 Å². The Bertz CT molecular complexity index is 998. The van der Waals surface area contributed by atoms with Crippen LogP contribution in [-0.4, -0.2) is 57.6 Å². The summed E-state index contributed by atoms with van der Waals surface area (Å²) in [6.07, 6.45) is 1.99. The number of hydrogen-bond donors (Lipinski definition) is 1. The van der Waals surface area contributed by atoms with Gasteiger partial charge in [-0.1, -0.05) is 30.3 Å². The highest BCUT2D eigenvalue weighted by Gasteiger charge is 2.25. The van der Waals surface area contributed by atoms with Crippen LogP contribution in [-0.2, 0) is 26.0 Å². The minimum absolute atomic E-state index is 0.0666. The summed E-state index contributed by atoms with van der Waals surface area (Å²) >= 11 is 0. The van der Waals surface area contributed by atoms with Gasteiger partial charge in [-0.25, -0.2) is 12.8 Å². The van der Waals surface area contributed by atoms with Crippen molar-refractivity contribution in [3.63, 3.8) is 0 Å². The van der Waals surface area contributed by atoms with E-state index in [1.54, 1.807) is 6.92 Å². The molecule has 0 aliphatic carbocycles. The second-order valence-corrected chi connectivity index (χ2v) is 9.43. The second-order valence-electron chi connectivity index (χ2n) is 7.53. The van der Waals surface area contributed by atoms with Crippen LogP contribution in [0, 0.1) is 5.82 Å². The lowest BCUT2D eigenvalue weighted by Gasteiger charge is -2.29. The number of nitrogens with one attached hydrogen (secondary N) is 1. The largest absolute Gasteiger partial charge is 0.357 e. The van der Waals surface area contributed by atoms with E-state index in [1.165, 1.54) is 36.2 Å². The number of nitrogens with zero attached hydrogens (tertiary/aromatic N) is 2. The monoisotopic (exact) mass is 463 g/mol. The zero-order valence-corrected chi connectivity index (χ0v) is 19.4. The minimum Gasteiger partial charge on any atom is -0.357 e. The van der Waals surface area contributed by atoms with Crippen molar-refractivity contribution < 1.29 is 22.4 Å². The first kappa shape index (κ1) is 25.3. The minimum atomic E-state index is -3.61. The zero-order valence-electron chi connectivity index (χ0n) is 18.6. The fourth-order valence-corrected chi connectivity index (χ4v) is 4.36. The number of anilines is 1. The summed E-state index contributed by atoms with van der Waals surface area (Å²) in [6, 6.07) is 14.2. The molecule has 0 fully saturated rings. The van der Waals surface area contributed by atoms with Gasteiger partial charge in [0.15, 0.2) is 0 Å². The van der Waals surface area contributed by atoms with E-state index in [4.69, 9.17) is 0 Å². The molecule has 2 aromatic carbocycles. The Hall–Kier alpha value is -2.94. The van der Waals surface area contributed by atoms with Crippen molar-refractivity contribution >= 4 is 27.5 Å². The Morgan fingerprint density at radius 2 is 1.66 bits per heavy atom. The van der Waals surface area contributed by atoms with Gasteiger partial charge in [-0.05, 0) is 49.6 Å². The Labute approximate surface area is 189 Å². The molecule has 0 heterocycles. The maximum atomic E-state index is 13.2. The van der Waals surface area contributed by atoms with E-state index in [1.807, 2.05) is 30.3 Å². The summed E-state index contributed by atoms with van der Waals surface area (Å²) in [4.78, 5) is 26.7. The van der Waals surface area contributed by atoms with Crippen LogP contribution in [0.25, 0.3) is 0 Å². The summed E-state index contributed by atoms with van der Waals surface area (Å²) in [5.74, 6) is -0.963. The molecule has 0 bridgehead atoms. The lowest BCUT2D eigenvalue weighted by molar-refractivity contribution is -0.139. The molecule has 7 nitrogen and oxygen atoms in total. The highest BCUT2D eigenvalue weighted by atomic mass is 32.2. The number of carbonyl (C=O) groups excluding carboxylic acids is 2. The van der Waals surface area contributed by atoms with Gasteiger partial charge in [-0.15, -0.1) is 0 Å². The Balaban J connectivity index is 2.06. The molecule has 0 aliphatic heterocycles. The van der Waals surface area contributed by atoms with Gasteiger partial charge in [-0.3, -0.25) is 13.9 Å². The number of halogens is 1. The summed E-state index contributed by atoms with van der Waals surface area (Å²) in [6.45, 7) is 2.10. The normalized spacial score (nSPS) is 12.1. The van der Waals surface area contributed by atoms with Crippen LogP contribution in [0.2, 0.25) is 0 Å². The first-order chi connectivity index (χ1) is 15.1. The van der Waals surface area contributed by atoms with Crippen molar-refractivity contribution in [2.45, 2.75) is 32.2 Å². The molecular weight excluding hydrogens is 433 g/mol. The molecule has 0 radical (unpaired) electrons. The van der Waals surface area contributed by atoms with Crippen LogP contribution in [0.5, 0.6) is 0 Å². The molecule has 0 spiro atoms. The van der Waals surface area contributed by atoms with Crippen LogP contribution in [0.3, 0.4) is 0 Å². The van der Waals surface area contributed by atoms with Crippen molar-refractivity contribution in [3.8, 4) is 0 Å². The molecule has 1 atom stereocenters. The van der Waals surface area contributed by atoms with E-state index in [2.05, 4.69) is 5.32 Å². The summed E-state index contributed by atoms with van der Waals surface area (Å²) in [5, 5.41) is 2.57. The molecule has 174 valence electrons. The van der Waals surface area contributed by atoms with E-state index in [-0.39, 0.29) is 31.2 Å². The van der Waals surface area contributed by atoms with Gasteiger partial charge >= 0.3 is 0 Å². The van der Waals surface area contributed by atoms with Crippen LogP contribution < -0.4 is 9.62 Å². The third-order valence-corrected chi connectivity index (χ3v) is 6.36. The first-order valence-electron chi connectivity index (χ1n) is 10.4. The molecule has 0 saturated heterocycles. The lowest BCUT2D eigenvalue weighted by atomic mass is 10.1. The standard InChI is InChI=1S/C23H30FN3O4S/c1-18(23(29)25-2)26(17-15-19-8-5-4-6-9-19)22(28)10-7-16-27(32(3,30)31)21-13-11-20(24)12-14-21/h4-6,8-9,11-14,18H,7,10,15-17H2,1-3H3,(H,25,29). The van der Waals surface area contributed by atoms with E-state index in [0.29, 0.717) is 18.7 Å². The summed E-state index contributed by atoms with van der Waals surface area (Å²) < 4.78 is 38.8. The SMILES string of the molecule is CNC(=O)C(C)N(CCc1ccccc1)C(=O)CCCN(c1ccc(F)cc1)S(C)(=O)=O. The molecule has 0 aliphatic rings. The summed E-state index contributed by atoms with van der Waals surface area (Å²) in [5.41, 5.74) is 1.38. The molecule has 1 unspecified atom stereocenters. The Morgan fingerprint density at radius 3 is 2.22 bits per heavy atom.